The van der Waals surface area contributed by atoms with Crippen LogP contribution in [0.3, 0.4) is 0 Å². The van der Waals surface area contributed by atoms with Gasteiger partial charge in [-0.25, -0.2) is 0 Å². The molecule has 1 saturated carbocycles. The van der Waals surface area contributed by atoms with Gasteiger partial charge in [0.25, 0.3) is 0 Å². The lowest BCUT2D eigenvalue weighted by Gasteiger charge is -2.26. The summed E-state index contributed by atoms with van der Waals surface area (Å²) in [6.07, 6.45) is 4.43. The maximum atomic E-state index is 12.1. The van der Waals surface area contributed by atoms with Gasteiger partial charge in [0.2, 0.25) is 5.91 Å². The van der Waals surface area contributed by atoms with Crippen LogP contribution in [0.2, 0.25) is 5.02 Å². The lowest BCUT2D eigenvalue weighted by atomic mass is 9.87. The van der Waals surface area contributed by atoms with E-state index in [1.165, 1.54) is 0 Å². The van der Waals surface area contributed by atoms with Crippen LogP contribution < -0.4 is 10.1 Å². The SMILES string of the molecule is COc1ccc(Cl)cc1CC(=O)NCC1(CO)CCCC1. The van der Waals surface area contributed by atoms with Gasteiger partial charge in [-0.15, -0.1) is 0 Å². The Morgan fingerprint density at radius 3 is 2.76 bits per heavy atom. The Bertz CT molecular complexity index is 498. The number of hydrogen-bond acceptors (Lipinski definition) is 3. The van der Waals surface area contributed by atoms with Crippen molar-refractivity contribution in [1.82, 2.24) is 5.32 Å². The van der Waals surface area contributed by atoms with Crippen LogP contribution in [0.1, 0.15) is 31.2 Å². The molecular weight excluding hydrogens is 290 g/mol. The van der Waals surface area contributed by atoms with Crippen LogP contribution in [0.5, 0.6) is 5.75 Å². The van der Waals surface area contributed by atoms with E-state index >= 15 is 0 Å². The van der Waals surface area contributed by atoms with E-state index in [4.69, 9.17) is 16.3 Å². The van der Waals surface area contributed by atoms with E-state index in [0.29, 0.717) is 17.3 Å². The van der Waals surface area contributed by atoms with Crippen LogP contribution in [0.4, 0.5) is 0 Å². The summed E-state index contributed by atoms with van der Waals surface area (Å²) < 4.78 is 5.24. The maximum Gasteiger partial charge on any atom is 0.224 e. The second-order valence-electron chi connectivity index (χ2n) is 5.77. The molecule has 1 aromatic rings. The van der Waals surface area contributed by atoms with E-state index in [2.05, 4.69) is 5.32 Å². The van der Waals surface area contributed by atoms with Crippen molar-refractivity contribution in [3.05, 3.63) is 28.8 Å². The van der Waals surface area contributed by atoms with E-state index in [0.717, 1.165) is 31.2 Å². The van der Waals surface area contributed by atoms with Gasteiger partial charge in [0.1, 0.15) is 5.75 Å². The molecule has 5 heteroatoms. The Kier molecular flexibility index (Phi) is 5.48. The molecule has 0 radical (unpaired) electrons. The zero-order chi connectivity index (χ0) is 15.3. The van der Waals surface area contributed by atoms with Crippen LogP contribution in [-0.2, 0) is 11.2 Å². The highest BCUT2D eigenvalue weighted by molar-refractivity contribution is 6.30. The topological polar surface area (TPSA) is 58.6 Å². The first-order chi connectivity index (χ1) is 10.1. The number of hydrogen-bond donors (Lipinski definition) is 2. The first-order valence-corrected chi connectivity index (χ1v) is 7.66. The fourth-order valence-electron chi connectivity index (χ4n) is 2.92. The monoisotopic (exact) mass is 311 g/mol. The molecule has 4 nitrogen and oxygen atoms in total. The number of methoxy groups -OCH3 is 1. The zero-order valence-corrected chi connectivity index (χ0v) is 13.1. The first kappa shape index (κ1) is 16.1. The number of aliphatic hydroxyl groups excluding tert-OH is 1. The number of nitrogens with one attached hydrogen (secondary N) is 1. The summed E-state index contributed by atoms with van der Waals surface area (Å²) in [5.41, 5.74) is 0.639. The van der Waals surface area contributed by atoms with Gasteiger partial charge in [0.15, 0.2) is 0 Å². The normalized spacial score (nSPS) is 16.7. The predicted octanol–water partition coefficient (Wildman–Crippen LogP) is 2.56. The van der Waals surface area contributed by atoms with Crippen molar-refractivity contribution in [3.63, 3.8) is 0 Å². The minimum atomic E-state index is -0.131. The van der Waals surface area contributed by atoms with Gasteiger partial charge in [-0.3, -0.25) is 4.79 Å². The highest BCUT2D eigenvalue weighted by atomic mass is 35.5. The van der Waals surface area contributed by atoms with Gasteiger partial charge < -0.3 is 15.2 Å². The highest BCUT2D eigenvalue weighted by Gasteiger charge is 2.33. The number of aliphatic hydroxyl groups is 1. The molecule has 1 aliphatic rings. The third-order valence-corrected chi connectivity index (χ3v) is 4.49. The van der Waals surface area contributed by atoms with Gasteiger partial charge in [-0.1, -0.05) is 24.4 Å². The van der Waals surface area contributed by atoms with Crippen LogP contribution in [0, 0.1) is 5.41 Å². The summed E-state index contributed by atoms with van der Waals surface area (Å²) in [6.45, 7) is 0.666. The molecule has 0 aliphatic heterocycles. The van der Waals surface area contributed by atoms with Crippen molar-refractivity contribution in [2.45, 2.75) is 32.1 Å². The lowest BCUT2D eigenvalue weighted by Crippen LogP contribution is -2.38. The van der Waals surface area contributed by atoms with Gasteiger partial charge in [-0.05, 0) is 31.0 Å². The second kappa shape index (κ2) is 7.14. The molecule has 1 amide bonds. The summed E-state index contributed by atoms with van der Waals surface area (Å²) in [5.74, 6) is 0.586. The Morgan fingerprint density at radius 2 is 2.14 bits per heavy atom. The lowest BCUT2D eigenvalue weighted by molar-refractivity contribution is -0.121. The van der Waals surface area contributed by atoms with Crippen molar-refractivity contribution in [2.75, 3.05) is 20.3 Å². The maximum absolute atomic E-state index is 12.1. The van der Waals surface area contributed by atoms with Crippen molar-refractivity contribution < 1.29 is 14.6 Å². The molecule has 0 saturated heterocycles. The minimum absolute atomic E-state index is 0.0738. The van der Waals surface area contributed by atoms with Crippen molar-refractivity contribution in [2.24, 2.45) is 5.41 Å². The molecule has 0 bridgehead atoms. The number of ether oxygens (including phenoxy) is 1. The number of benzene rings is 1. The fraction of sp³-hybridized carbons (Fsp3) is 0.562. The van der Waals surface area contributed by atoms with Gasteiger partial charge in [0.05, 0.1) is 20.1 Å². The molecule has 0 spiro atoms. The molecule has 0 unspecified atom stereocenters. The summed E-state index contributed by atoms with van der Waals surface area (Å²) in [4.78, 5) is 12.1. The fourth-order valence-corrected chi connectivity index (χ4v) is 3.12. The van der Waals surface area contributed by atoms with Crippen molar-refractivity contribution >= 4 is 17.5 Å². The molecular formula is C16H22ClNO3. The third kappa shape index (κ3) is 4.11. The van der Waals surface area contributed by atoms with E-state index in [-0.39, 0.29) is 24.3 Å². The van der Waals surface area contributed by atoms with Crippen LogP contribution in [-0.4, -0.2) is 31.3 Å². The molecule has 0 heterocycles. The Morgan fingerprint density at radius 1 is 1.43 bits per heavy atom. The third-order valence-electron chi connectivity index (χ3n) is 4.25. The molecule has 116 valence electrons. The van der Waals surface area contributed by atoms with Crippen LogP contribution in [0.25, 0.3) is 0 Å². The first-order valence-electron chi connectivity index (χ1n) is 7.28. The van der Waals surface area contributed by atoms with E-state index in [1.54, 1.807) is 25.3 Å². The van der Waals surface area contributed by atoms with E-state index in [1.807, 2.05) is 0 Å². The van der Waals surface area contributed by atoms with Crippen molar-refractivity contribution in [3.8, 4) is 5.75 Å². The number of halogens is 1. The number of amides is 1. The highest BCUT2D eigenvalue weighted by Crippen LogP contribution is 2.36. The quantitative estimate of drug-likeness (QED) is 0.849. The predicted molar refractivity (Wildman–Crippen MR) is 82.7 cm³/mol. The molecule has 0 aromatic heterocycles. The average molecular weight is 312 g/mol. The average Bonchev–Trinajstić information content (AvgIpc) is 2.95. The molecule has 2 N–H and O–H groups in total. The smallest absolute Gasteiger partial charge is 0.224 e. The number of carbonyl (C=O) groups is 1. The summed E-state index contributed by atoms with van der Waals surface area (Å²) >= 11 is 5.96. The molecule has 0 atom stereocenters. The van der Waals surface area contributed by atoms with Crippen LogP contribution >= 0.6 is 11.6 Å². The van der Waals surface area contributed by atoms with Crippen LogP contribution in [0.15, 0.2) is 18.2 Å². The number of rotatable bonds is 6. The van der Waals surface area contributed by atoms with Gasteiger partial charge >= 0.3 is 0 Å². The Hall–Kier alpha value is -1.26. The van der Waals surface area contributed by atoms with E-state index in [9.17, 15) is 9.90 Å². The molecule has 21 heavy (non-hydrogen) atoms. The summed E-state index contributed by atoms with van der Waals surface area (Å²) in [7, 11) is 1.57. The standard InChI is InChI=1S/C16H22ClNO3/c1-21-14-5-4-13(17)8-12(14)9-15(20)18-10-16(11-19)6-2-3-7-16/h4-5,8,19H,2-3,6-7,9-11H2,1H3,(H,18,20). The largest absolute Gasteiger partial charge is 0.496 e. The Balaban J connectivity index is 1.94. The second-order valence-corrected chi connectivity index (χ2v) is 6.21. The van der Waals surface area contributed by atoms with E-state index < -0.39 is 0 Å². The molecule has 2 rings (SSSR count). The summed E-state index contributed by atoms with van der Waals surface area (Å²) in [6, 6.07) is 5.25. The van der Waals surface area contributed by atoms with Crippen molar-refractivity contribution in [1.29, 1.82) is 0 Å². The zero-order valence-electron chi connectivity index (χ0n) is 12.3. The van der Waals surface area contributed by atoms with Gasteiger partial charge in [-0.2, -0.15) is 0 Å². The number of carbonyl (C=O) groups excluding carboxylic acids is 1. The van der Waals surface area contributed by atoms with Gasteiger partial charge in [0, 0.05) is 22.5 Å². The molecule has 1 aromatic carbocycles. The minimum Gasteiger partial charge on any atom is -0.496 e. The summed E-state index contributed by atoms with van der Waals surface area (Å²) in [5, 5.41) is 13.1. The molecule has 1 aliphatic carbocycles. The Labute approximate surface area is 130 Å². The molecule has 1 fully saturated rings.